The van der Waals surface area contributed by atoms with Gasteiger partial charge in [-0.25, -0.2) is 4.79 Å². The van der Waals surface area contributed by atoms with Crippen LogP contribution in [0.5, 0.6) is 0 Å². The zero-order chi connectivity index (χ0) is 15.2. The Balaban J connectivity index is 1.66. The lowest BCUT2D eigenvalue weighted by molar-refractivity contribution is -0.142. The second-order valence-electron chi connectivity index (χ2n) is 6.03. The number of hydrogen-bond donors (Lipinski definition) is 2. The highest BCUT2D eigenvalue weighted by molar-refractivity contribution is 7.98. The molecule has 2 amide bonds. The number of urea groups is 1. The van der Waals surface area contributed by atoms with Crippen molar-refractivity contribution < 1.29 is 14.7 Å². The molecule has 21 heavy (non-hydrogen) atoms. The zero-order valence-corrected chi connectivity index (χ0v) is 13.5. The average Bonchev–Trinajstić information content (AvgIpc) is 3.04. The van der Waals surface area contributed by atoms with Gasteiger partial charge in [-0.3, -0.25) is 4.79 Å². The van der Waals surface area contributed by atoms with Gasteiger partial charge in [0.05, 0.1) is 5.92 Å². The van der Waals surface area contributed by atoms with Crippen molar-refractivity contribution in [2.75, 3.05) is 18.6 Å². The number of fused-ring (bicyclic) bond motifs is 2. The molecule has 0 radical (unpaired) electrons. The Hall–Kier alpha value is -0.910. The second kappa shape index (κ2) is 7.92. The first-order chi connectivity index (χ1) is 10.1. The summed E-state index contributed by atoms with van der Waals surface area (Å²) < 4.78 is 0. The first-order valence-electron chi connectivity index (χ1n) is 7.93. The van der Waals surface area contributed by atoms with Gasteiger partial charge in [0, 0.05) is 18.6 Å². The summed E-state index contributed by atoms with van der Waals surface area (Å²) >= 11 is 1.87. The Morgan fingerprint density at radius 1 is 1.24 bits per heavy atom. The maximum absolute atomic E-state index is 12.2. The first kappa shape index (κ1) is 16.5. The molecule has 3 atom stereocenters. The van der Waals surface area contributed by atoms with Crippen LogP contribution < -0.4 is 5.32 Å². The molecule has 2 aliphatic rings. The maximum atomic E-state index is 12.2. The summed E-state index contributed by atoms with van der Waals surface area (Å²) in [6.45, 7) is 0.700. The molecule has 0 saturated carbocycles. The van der Waals surface area contributed by atoms with Gasteiger partial charge in [0.15, 0.2) is 0 Å². The van der Waals surface area contributed by atoms with E-state index in [0.717, 1.165) is 25.7 Å². The Bertz CT molecular complexity index is 378. The SMILES string of the molecule is CSCCCCCCNC(=O)N1C2CCC1C(C(=O)O)C2. The van der Waals surface area contributed by atoms with Crippen LogP contribution in [0.4, 0.5) is 4.79 Å². The molecular weight excluding hydrogens is 288 g/mol. The van der Waals surface area contributed by atoms with Crippen molar-refractivity contribution in [3.8, 4) is 0 Å². The number of thioether (sulfide) groups is 1. The van der Waals surface area contributed by atoms with Crippen molar-refractivity contribution in [3.05, 3.63) is 0 Å². The highest BCUT2D eigenvalue weighted by Gasteiger charge is 2.51. The molecule has 2 aliphatic heterocycles. The number of aliphatic carboxylic acids is 1. The molecule has 0 spiro atoms. The van der Waals surface area contributed by atoms with E-state index in [9.17, 15) is 14.7 Å². The van der Waals surface area contributed by atoms with Crippen LogP contribution in [0.15, 0.2) is 0 Å². The third kappa shape index (κ3) is 4.05. The molecular formula is C15H26N2O3S. The molecule has 5 nitrogen and oxygen atoms in total. The van der Waals surface area contributed by atoms with Crippen LogP contribution in [-0.4, -0.2) is 52.6 Å². The highest BCUT2D eigenvalue weighted by atomic mass is 32.2. The normalized spacial score (nSPS) is 27.1. The summed E-state index contributed by atoms with van der Waals surface area (Å²) in [6, 6.07) is -0.0119. The number of amides is 2. The molecule has 0 aliphatic carbocycles. The van der Waals surface area contributed by atoms with Gasteiger partial charge in [-0.05, 0) is 44.1 Å². The van der Waals surface area contributed by atoms with E-state index in [1.165, 1.54) is 18.6 Å². The van der Waals surface area contributed by atoms with Gasteiger partial charge in [0.2, 0.25) is 0 Å². The van der Waals surface area contributed by atoms with Crippen LogP contribution in [0.3, 0.4) is 0 Å². The standard InChI is InChI=1S/C15H26N2O3S/c1-21-9-5-3-2-4-8-16-15(20)17-11-6-7-13(17)12(10-11)14(18)19/h11-13H,2-10H2,1H3,(H,16,20)(H,18,19). The summed E-state index contributed by atoms with van der Waals surface area (Å²) in [5.41, 5.74) is 0. The molecule has 3 unspecified atom stereocenters. The highest BCUT2D eigenvalue weighted by Crippen LogP contribution is 2.41. The summed E-state index contributed by atoms with van der Waals surface area (Å²) in [6.07, 6.45) is 9.15. The molecule has 2 bridgehead atoms. The Morgan fingerprint density at radius 3 is 2.67 bits per heavy atom. The van der Waals surface area contributed by atoms with E-state index in [4.69, 9.17) is 0 Å². The van der Waals surface area contributed by atoms with Crippen molar-refractivity contribution in [1.82, 2.24) is 10.2 Å². The number of carboxylic acid groups (broad SMARTS) is 1. The predicted molar refractivity (Wildman–Crippen MR) is 84.6 cm³/mol. The topological polar surface area (TPSA) is 69.6 Å². The molecule has 6 heteroatoms. The van der Waals surface area contributed by atoms with Crippen LogP contribution in [0, 0.1) is 5.92 Å². The summed E-state index contributed by atoms with van der Waals surface area (Å²) in [7, 11) is 0. The third-order valence-corrected chi connectivity index (χ3v) is 5.34. The van der Waals surface area contributed by atoms with Gasteiger partial charge in [-0.1, -0.05) is 12.8 Å². The van der Waals surface area contributed by atoms with E-state index >= 15 is 0 Å². The molecule has 0 aromatic carbocycles. The van der Waals surface area contributed by atoms with Crippen molar-refractivity contribution in [2.24, 2.45) is 5.92 Å². The minimum Gasteiger partial charge on any atom is -0.481 e. The van der Waals surface area contributed by atoms with Crippen LogP contribution in [-0.2, 0) is 4.79 Å². The summed E-state index contributed by atoms with van der Waals surface area (Å²) in [5, 5.41) is 12.2. The van der Waals surface area contributed by atoms with E-state index in [1.807, 2.05) is 11.8 Å². The number of carbonyl (C=O) groups is 2. The van der Waals surface area contributed by atoms with E-state index in [0.29, 0.717) is 13.0 Å². The van der Waals surface area contributed by atoms with Gasteiger partial charge >= 0.3 is 12.0 Å². The lowest BCUT2D eigenvalue weighted by Crippen LogP contribution is -2.44. The van der Waals surface area contributed by atoms with Crippen molar-refractivity contribution in [1.29, 1.82) is 0 Å². The number of nitrogens with zero attached hydrogens (tertiary/aromatic N) is 1. The Kier molecular flexibility index (Phi) is 6.21. The number of nitrogens with one attached hydrogen (secondary N) is 1. The molecule has 0 aromatic heterocycles. The lowest BCUT2D eigenvalue weighted by atomic mass is 9.89. The van der Waals surface area contributed by atoms with Gasteiger partial charge in [0.1, 0.15) is 0 Å². The quantitative estimate of drug-likeness (QED) is 0.676. The smallest absolute Gasteiger partial charge is 0.317 e. The van der Waals surface area contributed by atoms with Gasteiger partial charge in [-0.15, -0.1) is 0 Å². The molecule has 0 aromatic rings. The molecule has 120 valence electrons. The second-order valence-corrected chi connectivity index (χ2v) is 7.01. The fourth-order valence-electron chi connectivity index (χ4n) is 3.58. The molecule has 2 saturated heterocycles. The number of rotatable bonds is 8. The number of hydrogen-bond acceptors (Lipinski definition) is 3. The fourth-order valence-corrected chi connectivity index (χ4v) is 4.07. The third-order valence-electron chi connectivity index (χ3n) is 4.64. The molecule has 2 heterocycles. The summed E-state index contributed by atoms with van der Waals surface area (Å²) in [4.78, 5) is 25.2. The average molecular weight is 314 g/mol. The van der Waals surface area contributed by atoms with Crippen LogP contribution in [0.1, 0.15) is 44.9 Å². The van der Waals surface area contributed by atoms with E-state index in [-0.39, 0.29) is 24.0 Å². The van der Waals surface area contributed by atoms with Crippen molar-refractivity contribution in [3.63, 3.8) is 0 Å². The van der Waals surface area contributed by atoms with Crippen LogP contribution in [0.2, 0.25) is 0 Å². The van der Waals surface area contributed by atoms with Crippen molar-refractivity contribution >= 4 is 23.8 Å². The predicted octanol–water partition coefficient (Wildman–Crippen LogP) is 2.56. The summed E-state index contributed by atoms with van der Waals surface area (Å²) in [5.74, 6) is 0.0925. The number of carboxylic acids is 1. The van der Waals surface area contributed by atoms with E-state index in [2.05, 4.69) is 11.6 Å². The van der Waals surface area contributed by atoms with E-state index in [1.54, 1.807) is 4.90 Å². The van der Waals surface area contributed by atoms with Gasteiger partial charge in [0.25, 0.3) is 0 Å². The largest absolute Gasteiger partial charge is 0.481 e. The Morgan fingerprint density at radius 2 is 2.00 bits per heavy atom. The molecule has 2 N–H and O–H groups in total. The first-order valence-corrected chi connectivity index (χ1v) is 9.32. The minimum absolute atomic E-state index is 0.0598. The van der Waals surface area contributed by atoms with Gasteiger partial charge in [-0.2, -0.15) is 11.8 Å². The monoisotopic (exact) mass is 314 g/mol. The molecule has 2 fully saturated rings. The fraction of sp³-hybridized carbons (Fsp3) is 0.867. The maximum Gasteiger partial charge on any atom is 0.317 e. The van der Waals surface area contributed by atoms with Crippen molar-refractivity contribution in [2.45, 2.75) is 57.0 Å². The minimum atomic E-state index is -0.756. The van der Waals surface area contributed by atoms with E-state index < -0.39 is 5.97 Å². The Labute approximate surface area is 130 Å². The number of unbranched alkanes of at least 4 members (excludes halogenated alkanes) is 3. The van der Waals surface area contributed by atoms with Crippen LogP contribution in [0.25, 0.3) is 0 Å². The number of carbonyl (C=O) groups excluding carboxylic acids is 1. The molecule has 2 rings (SSSR count). The zero-order valence-electron chi connectivity index (χ0n) is 12.7. The van der Waals surface area contributed by atoms with Crippen LogP contribution >= 0.6 is 11.8 Å². The van der Waals surface area contributed by atoms with Gasteiger partial charge < -0.3 is 15.3 Å². The lowest BCUT2D eigenvalue weighted by Gasteiger charge is -2.23.